The highest BCUT2D eigenvalue weighted by Crippen LogP contribution is 2.47. The topological polar surface area (TPSA) is 99.5 Å². The van der Waals surface area contributed by atoms with Gasteiger partial charge in [0.2, 0.25) is 15.9 Å². The van der Waals surface area contributed by atoms with Crippen LogP contribution in [0.2, 0.25) is 0 Å². The number of ether oxygens (including phenoxy) is 1. The van der Waals surface area contributed by atoms with Crippen LogP contribution in [-0.2, 0) is 20.2 Å². The minimum absolute atomic E-state index is 0.149. The van der Waals surface area contributed by atoms with Gasteiger partial charge in [0.1, 0.15) is 5.75 Å². The number of methoxy groups -OCH3 is 1. The molecule has 2 fully saturated rings. The number of amides is 1. The van der Waals surface area contributed by atoms with Crippen molar-refractivity contribution in [3.8, 4) is 11.8 Å². The van der Waals surface area contributed by atoms with E-state index in [9.17, 15) is 18.5 Å². The van der Waals surface area contributed by atoms with Gasteiger partial charge in [0.25, 0.3) is 0 Å². The number of anilines is 1. The lowest BCUT2D eigenvalue weighted by molar-refractivity contribution is -0.120. The molecule has 0 aromatic heterocycles. The Labute approximate surface area is 182 Å². The third kappa shape index (κ3) is 4.29. The molecule has 31 heavy (non-hydrogen) atoms. The molecule has 1 amide bonds. The number of piperidine rings is 1. The van der Waals surface area contributed by atoms with Crippen LogP contribution in [0.4, 0.5) is 5.69 Å². The fourth-order valence-corrected chi connectivity index (χ4v) is 5.50. The Bertz CT molecular complexity index is 1100. The summed E-state index contributed by atoms with van der Waals surface area (Å²) < 4.78 is 32.5. The number of hydrogen-bond acceptors (Lipinski definition) is 5. The number of rotatable bonds is 6. The molecule has 1 saturated heterocycles. The fourth-order valence-electron chi connectivity index (χ4n) is 3.98. The molecule has 1 heterocycles. The molecule has 4 rings (SSSR count). The highest BCUT2D eigenvalue weighted by Gasteiger charge is 2.44. The summed E-state index contributed by atoms with van der Waals surface area (Å²) in [5.74, 6) is -0.0256. The van der Waals surface area contributed by atoms with Gasteiger partial charge in [-0.05, 0) is 67.6 Å². The minimum atomic E-state index is -3.68. The molecule has 2 aromatic carbocycles. The van der Waals surface area contributed by atoms with Gasteiger partial charge < -0.3 is 10.1 Å². The number of hydrogen-bond donors (Lipinski definition) is 1. The van der Waals surface area contributed by atoms with E-state index >= 15 is 0 Å². The van der Waals surface area contributed by atoms with Crippen LogP contribution >= 0.6 is 0 Å². The van der Waals surface area contributed by atoms with Crippen LogP contribution in [0.3, 0.4) is 0 Å². The van der Waals surface area contributed by atoms with Crippen LogP contribution in [0, 0.1) is 17.2 Å². The Kier molecular flexibility index (Phi) is 5.73. The third-order valence-corrected chi connectivity index (χ3v) is 8.00. The van der Waals surface area contributed by atoms with E-state index in [0.29, 0.717) is 30.8 Å². The van der Waals surface area contributed by atoms with Crippen LogP contribution < -0.4 is 10.1 Å². The summed E-state index contributed by atoms with van der Waals surface area (Å²) in [5, 5.41) is 12.2. The molecule has 2 aliphatic rings. The Morgan fingerprint density at radius 1 is 1.16 bits per heavy atom. The molecule has 0 spiro atoms. The Hall–Kier alpha value is -2.89. The average molecular weight is 440 g/mol. The lowest BCUT2D eigenvalue weighted by Crippen LogP contribution is -2.43. The van der Waals surface area contributed by atoms with Crippen molar-refractivity contribution >= 4 is 21.6 Å². The number of nitriles is 1. The van der Waals surface area contributed by atoms with E-state index in [1.54, 1.807) is 24.3 Å². The number of carbonyl (C=O) groups is 1. The monoisotopic (exact) mass is 439 g/mol. The number of nitrogens with zero attached hydrogens (tertiary/aromatic N) is 2. The van der Waals surface area contributed by atoms with Crippen molar-refractivity contribution in [3.63, 3.8) is 0 Å². The zero-order chi connectivity index (χ0) is 22.1. The first-order valence-corrected chi connectivity index (χ1v) is 11.8. The second-order valence-electron chi connectivity index (χ2n) is 8.14. The van der Waals surface area contributed by atoms with E-state index in [0.717, 1.165) is 18.4 Å². The lowest BCUT2D eigenvalue weighted by atomic mass is 9.97. The van der Waals surface area contributed by atoms with Crippen molar-refractivity contribution < 1.29 is 17.9 Å². The minimum Gasteiger partial charge on any atom is -0.497 e. The Balaban J connectivity index is 1.42. The van der Waals surface area contributed by atoms with Gasteiger partial charge in [0.05, 0.1) is 29.4 Å². The van der Waals surface area contributed by atoms with Gasteiger partial charge in [0.15, 0.2) is 0 Å². The maximum atomic E-state index is 13.0. The quantitative estimate of drug-likeness (QED) is 0.745. The van der Waals surface area contributed by atoms with Crippen molar-refractivity contribution in [2.75, 3.05) is 25.5 Å². The van der Waals surface area contributed by atoms with Gasteiger partial charge in [0, 0.05) is 18.8 Å². The van der Waals surface area contributed by atoms with Crippen LogP contribution in [-0.4, -0.2) is 38.8 Å². The molecule has 0 unspecified atom stereocenters. The van der Waals surface area contributed by atoms with Gasteiger partial charge in [-0.1, -0.05) is 12.1 Å². The average Bonchev–Trinajstić information content (AvgIpc) is 3.61. The highest BCUT2D eigenvalue weighted by molar-refractivity contribution is 7.89. The summed E-state index contributed by atoms with van der Waals surface area (Å²) in [7, 11) is -2.15. The maximum Gasteiger partial charge on any atom is 0.243 e. The molecule has 7 nitrogen and oxygen atoms in total. The second kappa shape index (κ2) is 8.33. The summed E-state index contributed by atoms with van der Waals surface area (Å²) >= 11 is 0. The van der Waals surface area contributed by atoms with Crippen LogP contribution in [0.15, 0.2) is 53.4 Å². The first-order chi connectivity index (χ1) is 14.9. The first kappa shape index (κ1) is 21.3. The molecule has 0 bridgehead atoms. The summed E-state index contributed by atoms with van der Waals surface area (Å²) in [4.78, 5) is 13.0. The van der Waals surface area contributed by atoms with E-state index in [4.69, 9.17) is 4.74 Å². The first-order valence-electron chi connectivity index (χ1n) is 10.3. The Morgan fingerprint density at radius 2 is 1.84 bits per heavy atom. The van der Waals surface area contributed by atoms with Crippen molar-refractivity contribution in [3.05, 3.63) is 54.1 Å². The van der Waals surface area contributed by atoms with Crippen LogP contribution in [0.5, 0.6) is 5.75 Å². The van der Waals surface area contributed by atoms with Gasteiger partial charge in [-0.2, -0.15) is 9.57 Å². The molecule has 8 heteroatoms. The van der Waals surface area contributed by atoms with Crippen molar-refractivity contribution in [1.29, 1.82) is 5.26 Å². The maximum absolute atomic E-state index is 13.0. The van der Waals surface area contributed by atoms with E-state index < -0.39 is 15.9 Å². The molecular formula is C23H25N3O4S. The van der Waals surface area contributed by atoms with E-state index in [1.165, 1.54) is 23.5 Å². The molecule has 1 aliphatic carbocycles. The summed E-state index contributed by atoms with van der Waals surface area (Å²) in [6, 6.07) is 16.0. The van der Waals surface area contributed by atoms with Crippen molar-refractivity contribution in [1.82, 2.24) is 4.31 Å². The second-order valence-corrected chi connectivity index (χ2v) is 10.1. The number of sulfonamides is 1. The lowest BCUT2D eigenvalue weighted by Gasteiger charge is -2.31. The summed E-state index contributed by atoms with van der Waals surface area (Å²) in [5.41, 5.74) is 1.27. The predicted molar refractivity (Wildman–Crippen MR) is 116 cm³/mol. The van der Waals surface area contributed by atoms with Gasteiger partial charge in [-0.25, -0.2) is 8.42 Å². The van der Waals surface area contributed by atoms with Crippen LogP contribution in [0.1, 0.15) is 31.2 Å². The molecule has 1 saturated carbocycles. The molecule has 2 aromatic rings. The number of carbonyl (C=O) groups excluding carboxylic acids is 1. The molecule has 1 N–H and O–H groups in total. The van der Waals surface area contributed by atoms with E-state index in [1.807, 2.05) is 12.1 Å². The normalized spacial score (nSPS) is 20.5. The number of nitrogens with one attached hydrogen (secondary N) is 1. The standard InChI is InChI=1S/C23H25N3O4S/c1-30-20-8-10-21(11-9-20)31(28,29)26-14-2-3-17(15-26)22(27)25-19-6-4-18(5-7-19)23(16-24)12-13-23/h4-11,17H,2-3,12-15H2,1H3,(H,25,27)/t17-/m1/s1. The van der Waals surface area contributed by atoms with E-state index in [-0.39, 0.29) is 22.8 Å². The van der Waals surface area contributed by atoms with Crippen molar-refractivity contribution in [2.45, 2.75) is 36.0 Å². The summed E-state index contributed by atoms with van der Waals surface area (Å²) in [6.07, 6.45) is 3.00. The predicted octanol–water partition coefficient (Wildman–Crippen LogP) is 3.29. The largest absolute Gasteiger partial charge is 0.497 e. The highest BCUT2D eigenvalue weighted by atomic mass is 32.2. The number of benzene rings is 2. The van der Waals surface area contributed by atoms with E-state index in [2.05, 4.69) is 11.4 Å². The van der Waals surface area contributed by atoms with Gasteiger partial charge >= 0.3 is 0 Å². The molecule has 1 aliphatic heterocycles. The van der Waals surface area contributed by atoms with Crippen LogP contribution in [0.25, 0.3) is 0 Å². The molecular weight excluding hydrogens is 414 g/mol. The smallest absolute Gasteiger partial charge is 0.243 e. The SMILES string of the molecule is COc1ccc(S(=O)(=O)N2CCC[C@@H](C(=O)Nc3ccc(C4(C#N)CC4)cc3)C2)cc1. The molecule has 162 valence electrons. The zero-order valence-electron chi connectivity index (χ0n) is 17.4. The zero-order valence-corrected chi connectivity index (χ0v) is 18.2. The van der Waals surface area contributed by atoms with Gasteiger partial charge in [-0.15, -0.1) is 0 Å². The molecule has 1 atom stereocenters. The van der Waals surface area contributed by atoms with Crippen molar-refractivity contribution in [2.24, 2.45) is 5.92 Å². The van der Waals surface area contributed by atoms with Gasteiger partial charge in [-0.3, -0.25) is 4.79 Å². The Morgan fingerprint density at radius 3 is 2.42 bits per heavy atom. The fraction of sp³-hybridized carbons (Fsp3) is 0.391. The molecule has 0 radical (unpaired) electrons. The summed E-state index contributed by atoms with van der Waals surface area (Å²) in [6.45, 7) is 0.541. The third-order valence-electron chi connectivity index (χ3n) is 6.12.